The molecule has 0 saturated carbocycles. The van der Waals surface area contributed by atoms with Crippen LogP contribution in [0.3, 0.4) is 0 Å². The van der Waals surface area contributed by atoms with Crippen molar-refractivity contribution in [2.75, 3.05) is 97.2 Å². The maximum Gasteiger partial charge on any atom is 0.306 e. The molecule has 8 N–H and O–H groups in total. The number of carbonyl (C=O) groups is 12. The lowest BCUT2D eigenvalue weighted by atomic mass is 9.90. The summed E-state index contributed by atoms with van der Waals surface area (Å²) in [6, 6.07) is 16.4. The van der Waals surface area contributed by atoms with E-state index in [-0.39, 0.29) is 120 Å². The Morgan fingerprint density at radius 2 is 0.625 bits per heavy atom. The van der Waals surface area contributed by atoms with E-state index in [1.54, 1.807) is 33.3 Å². The number of methoxy groups -OCH3 is 4. The average molecular weight is 1910 g/mol. The summed E-state index contributed by atoms with van der Waals surface area (Å²) in [7, 11) is 5.10. The van der Waals surface area contributed by atoms with Gasteiger partial charge in [-0.25, -0.2) is 9.97 Å². The van der Waals surface area contributed by atoms with Crippen molar-refractivity contribution in [3.63, 3.8) is 0 Å². The highest BCUT2D eigenvalue weighted by Gasteiger charge is 2.48. The molecule has 4 aromatic carbocycles. The molecule has 36 nitrogen and oxygen atoms in total. The maximum absolute atomic E-state index is 13.9. The summed E-state index contributed by atoms with van der Waals surface area (Å²) in [5, 5.41) is 38.6. The molecule has 0 spiro atoms. The number of anilines is 8. The van der Waals surface area contributed by atoms with Gasteiger partial charge in [0, 0.05) is 48.1 Å². The highest BCUT2D eigenvalue weighted by molar-refractivity contribution is 7.16. The fourth-order valence-corrected chi connectivity index (χ4v) is 23.1. The number of likely N-dealkylation sites (tertiary alicyclic amines) is 4. The van der Waals surface area contributed by atoms with Gasteiger partial charge in [-0.3, -0.25) is 77.8 Å². The van der Waals surface area contributed by atoms with Crippen LogP contribution in [0.25, 0.3) is 0 Å². The minimum absolute atomic E-state index is 0.0434. The third-order valence-electron chi connectivity index (χ3n) is 28.3. The van der Waals surface area contributed by atoms with Crippen LogP contribution in [0.2, 0.25) is 0 Å². The second-order valence-electron chi connectivity index (χ2n) is 38.2. The van der Waals surface area contributed by atoms with E-state index in [0.717, 1.165) is 96.7 Å². The summed E-state index contributed by atoms with van der Waals surface area (Å²) < 4.78 is 19.3. The fraction of sp³-hybridized carbons (Fsp3) is 0.571. The van der Waals surface area contributed by atoms with Crippen LogP contribution in [0.5, 0.6) is 0 Å². The fourth-order valence-electron chi connectivity index (χ4n) is 20.6. The number of amides is 8. The predicted molar refractivity (Wildman–Crippen MR) is 513 cm³/mol. The molecule has 2 aliphatic carbocycles. The predicted octanol–water partition coefficient (Wildman–Crippen LogP) is 14.2. The van der Waals surface area contributed by atoms with Crippen molar-refractivity contribution in [2.45, 2.75) is 258 Å². The number of hydrogen-bond donors (Lipinski definition) is 6. The third-order valence-corrected chi connectivity index (χ3v) is 30.7. The number of nitrogen functional groups attached to an aromatic ring is 2. The van der Waals surface area contributed by atoms with Gasteiger partial charge in [-0.05, 0) is 211 Å². The average Bonchev–Trinajstić information content (AvgIpc) is 1.47. The molecule has 38 heteroatoms. The zero-order chi connectivity index (χ0) is 97.9. The van der Waals surface area contributed by atoms with Crippen molar-refractivity contribution in [3.8, 4) is 0 Å². The molecule has 8 heterocycles. The molecular formula is C98H128N16O20S2. The molecular weight excluding hydrogens is 1790 g/mol. The molecule has 2 aromatic heterocycles. The molecule has 6 saturated heterocycles. The first kappa shape index (κ1) is 101. The molecule has 14 rings (SSSR count). The summed E-state index contributed by atoms with van der Waals surface area (Å²) in [6.45, 7) is 16.3. The van der Waals surface area contributed by atoms with E-state index >= 15 is 0 Å². The summed E-state index contributed by atoms with van der Waals surface area (Å²) in [5.74, 6) is -8.23. The number of nitrogens with one attached hydrogen (secondary N) is 4. The molecule has 0 bridgehead atoms. The van der Waals surface area contributed by atoms with Crippen LogP contribution in [0.4, 0.5) is 55.8 Å². The van der Waals surface area contributed by atoms with E-state index in [2.05, 4.69) is 31.1 Å². The van der Waals surface area contributed by atoms with Gasteiger partial charge < -0.3 is 81.1 Å². The van der Waals surface area contributed by atoms with Gasteiger partial charge in [-0.1, -0.05) is 79.7 Å². The van der Waals surface area contributed by atoms with Crippen LogP contribution in [0.15, 0.2) is 72.8 Å². The molecule has 136 heavy (non-hydrogen) atoms. The van der Waals surface area contributed by atoms with E-state index in [4.69, 9.17) is 40.4 Å². The van der Waals surface area contributed by atoms with Crippen LogP contribution >= 0.6 is 22.7 Å². The summed E-state index contributed by atoms with van der Waals surface area (Å²) in [4.78, 5) is 206. The van der Waals surface area contributed by atoms with Crippen molar-refractivity contribution < 1.29 is 86.3 Å². The number of thiazole rings is 2. The number of aromatic nitrogens is 2. The summed E-state index contributed by atoms with van der Waals surface area (Å²) in [6.07, 6.45) is 14.1. The molecule has 8 amide bonds. The molecule has 732 valence electrons. The van der Waals surface area contributed by atoms with Gasteiger partial charge in [0.1, 0.15) is 35.5 Å². The van der Waals surface area contributed by atoms with Crippen LogP contribution in [-0.2, 0) is 102 Å². The van der Waals surface area contributed by atoms with E-state index in [1.807, 2.05) is 91.8 Å². The summed E-state index contributed by atoms with van der Waals surface area (Å²) >= 11 is 3.27. The number of fused-ring (bicyclic) bond motifs is 2. The number of nitro groups is 2. The van der Waals surface area contributed by atoms with Crippen molar-refractivity contribution in [1.29, 1.82) is 0 Å². The lowest BCUT2D eigenvalue weighted by Gasteiger charge is -2.32. The van der Waals surface area contributed by atoms with Crippen LogP contribution in [-0.4, -0.2) is 189 Å². The van der Waals surface area contributed by atoms with Gasteiger partial charge >= 0.3 is 23.9 Å². The smallest absolute Gasteiger partial charge is 0.306 e. The number of ether oxygens (including phenoxy) is 4. The Morgan fingerprint density at radius 3 is 0.868 bits per heavy atom. The third kappa shape index (κ3) is 22.7. The molecule has 12 atom stereocenters. The Hall–Kier alpha value is -12.2. The Balaban J connectivity index is 0.000000230. The number of nitrogens with zero attached hydrogens (tertiary/aromatic N) is 10. The minimum atomic E-state index is -0.903. The van der Waals surface area contributed by atoms with Gasteiger partial charge in [0.2, 0.25) is 47.3 Å². The number of carbonyl (C=O) groups excluding carboxylic acids is 12. The number of aryl methyl sites for hydroxylation is 4. The monoisotopic (exact) mass is 1910 g/mol. The first-order chi connectivity index (χ1) is 65.0. The zero-order valence-corrected chi connectivity index (χ0v) is 81.2. The van der Waals surface area contributed by atoms with Gasteiger partial charge in [0.25, 0.3) is 11.4 Å². The standard InChI is InChI=1S/C49H62N8O12S.C49H66N8O8S/c1-27(2)31(25-43(58)68-5)47(62)53-21-9-12-38(53)45(60)50-33-17-15-29(23-40(33)56(64)65)36-19-20-37(55(36)49-52-35-11-7-8-14-42(35)70-49)30-16-18-34(41(24-30)57(66)67)51-46(61)39-13-10-22-54(39)48(63)32(28(3)4)26-44(59)69-6;1-27(2)31(25-43(58)64-5)47(62)55-21-9-12-40(55)45(60)52-35-17-15-29(23-33(35)50)38-19-20-39(57(38)49-54-37-11-7-8-14-42(37)66-49)30-16-18-36(34(51)24-30)53-46(61)41-13-10-22-56(41)48(63)32(28(3)4)26-44(59)65-6/h15-18,23-24,27-28,31-32,36-39H,7-14,19-22,25-26H2,1-6H3,(H,50,60)(H,51,61);15-18,23-24,27-28,31-32,38-41H,7-14,19-22,25-26,50-51H2,1-6H3,(H,52,60)(H,53,61)/t31-,32-,36+,37+,38-,39?;31-,32-,38+,39+,40-,41?/m00/s1. The van der Waals surface area contributed by atoms with Crippen molar-refractivity contribution in [3.05, 3.63) is 136 Å². The molecule has 8 aliphatic rings. The Morgan fingerprint density at radius 1 is 0.375 bits per heavy atom. The molecule has 6 aliphatic heterocycles. The minimum Gasteiger partial charge on any atom is -0.469 e. The number of esters is 4. The number of nitro benzene ring substituents is 2. The van der Waals surface area contributed by atoms with E-state index in [1.165, 1.54) is 78.7 Å². The highest BCUT2D eigenvalue weighted by Crippen LogP contribution is 2.53. The van der Waals surface area contributed by atoms with Crippen LogP contribution in [0.1, 0.15) is 251 Å². The van der Waals surface area contributed by atoms with Gasteiger partial charge in [-0.15, -0.1) is 22.7 Å². The molecule has 6 fully saturated rings. The van der Waals surface area contributed by atoms with E-state index < -0.39 is 105 Å². The SMILES string of the molecule is COC(=O)C[C@H](C(=O)N1CCCC1C(=O)Nc1ccc([C@H]2CC[C@H](c3ccc(NC(=O)[C@@H]4CCCN4C(=O)[C@@H](CC(=O)OC)C(C)C)c(N)c3)N2c2nc3c(s2)CCCC3)cc1N)C(C)C.COC(=O)C[C@H](C(=O)N1CCCC1C(=O)Nc1ccc([C@H]2CC[C@H](c3ccc(NC(=O)[C@@H]4CCCN4C(=O)[C@@H](CC(=O)OC)C(C)C)c([N+](=O)[O-])c3)N2c2nc3c(s2)CCCC3)cc1[N+](=O)[O-])C(C)C. The van der Waals surface area contributed by atoms with Crippen molar-refractivity contribution in [2.24, 2.45) is 47.3 Å². The van der Waals surface area contributed by atoms with Crippen molar-refractivity contribution in [1.82, 2.24) is 29.6 Å². The van der Waals surface area contributed by atoms with Crippen LogP contribution < -0.4 is 42.5 Å². The van der Waals surface area contributed by atoms with E-state index in [9.17, 15) is 77.8 Å². The lowest BCUT2D eigenvalue weighted by Crippen LogP contribution is -2.47. The maximum atomic E-state index is 13.9. The van der Waals surface area contributed by atoms with Gasteiger partial charge in [0.15, 0.2) is 10.3 Å². The molecule has 0 radical (unpaired) electrons. The highest BCUT2D eigenvalue weighted by atomic mass is 32.1. The quantitative estimate of drug-likeness (QED) is 0.00751. The van der Waals surface area contributed by atoms with Gasteiger partial charge in [-0.2, -0.15) is 0 Å². The topological polar surface area (TPSA) is 473 Å². The largest absolute Gasteiger partial charge is 0.469 e. The van der Waals surface area contributed by atoms with Gasteiger partial charge in [0.05, 0.1) is 146 Å². The lowest BCUT2D eigenvalue weighted by molar-refractivity contribution is -0.384. The second-order valence-corrected chi connectivity index (χ2v) is 40.3. The Bertz CT molecular complexity index is 5180. The number of rotatable bonds is 32. The Kier molecular flexibility index (Phi) is 33.3. The van der Waals surface area contributed by atoms with Crippen LogP contribution in [0, 0.1) is 67.6 Å². The normalized spacial score (nSPS) is 21.1. The number of hydrogen-bond acceptors (Lipinski definition) is 28. The first-order valence-electron chi connectivity index (χ1n) is 47.6. The van der Waals surface area contributed by atoms with Crippen molar-refractivity contribution >= 4 is 150 Å². The number of nitrogens with two attached hydrogens (primary N) is 2. The zero-order valence-electron chi connectivity index (χ0n) is 79.6. The molecule has 6 aromatic rings. The van der Waals surface area contributed by atoms with E-state index in [0.29, 0.717) is 129 Å². The second kappa shape index (κ2) is 44.7. The first-order valence-corrected chi connectivity index (χ1v) is 49.3. The number of benzene rings is 4. The summed E-state index contributed by atoms with van der Waals surface area (Å²) in [5.41, 5.74) is 19.6. The Labute approximate surface area is 799 Å². The molecule has 2 unspecified atom stereocenters.